The molecule has 0 bridgehead atoms. The monoisotopic (exact) mass is 505 g/mol. The first-order valence-corrected chi connectivity index (χ1v) is 11.2. The largest absolute Gasteiger partial charge is 0.345 e. The SMILES string of the molecule is Cc1ccc(C(=O)Nc2ccccc2)cc1N1CCN(c2ncnc3n[nH]c(Br)c23)CC1=O. The van der Waals surface area contributed by atoms with E-state index in [-0.39, 0.29) is 18.4 Å². The third-order valence-electron chi connectivity index (χ3n) is 5.60. The zero-order valence-electron chi connectivity index (χ0n) is 17.7. The molecule has 1 aliphatic heterocycles. The highest BCUT2D eigenvalue weighted by atomic mass is 79.9. The van der Waals surface area contributed by atoms with E-state index in [1.807, 2.05) is 48.2 Å². The number of hydrogen-bond acceptors (Lipinski definition) is 6. The van der Waals surface area contributed by atoms with Gasteiger partial charge in [0.25, 0.3) is 5.91 Å². The maximum Gasteiger partial charge on any atom is 0.255 e. The molecule has 166 valence electrons. The average Bonchev–Trinajstić information content (AvgIpc) is 3.21. The standard InChI is InChI=1S/C23H20BrN7O2/c1-14-7-8-15(23(33)27-16-5-3-2-4-6-16)11-17(14)31-10-9-30(12-18(31)32)22-19-20(24)28-29-21(19)25-13-26-22/h2-8,11,13H,9-10,12H2,1H3,(H,27,33)(H,25,26,28,29). The van der Waals surface area contributed by atoms with Crippen LogP contribution in [0.1, 0.15) is 15.9 Å². The van der Waals surface area contributed by atoms with Crippen molar-refractivity contribution in [2.45, 2.75) is 6.92 Å². The lowest BCUT2D eigenvalue weighted by atomic mass is 10.1. The Morgan fingerprint density at radius 1 is 1.12 bits per heavy atom. The van der Waals surface area contributed by atoms with Gasteiger partial charge in [0.05, 0.1) is 11.9 Å². The minimum absolute atomic E-state index is 0.0728. The number of fused-ring (bicyclic) bond motifs is 1. The second-order valence-corrected chi connectivity index (χ2v) is 8.51. The Morgan fingerprint density at radius 2 is 1.94 bits per heavy atom. The number of anilines is 3. The Bertz CT molecular complexity index is 1360. The van der Waals surface area contributed by atoms with Crippen molar-refractivity contribution in [3.63, 3.8) is 0 Å². The average molecular weight is 506 g/mol. The molecular weight excluding hydrogens is 486 g/mol. The summed E-state index contributed by atoms with van der Waals surface area (Å²) in [5.41, 5.74) is 3.41. The minimum Gasteiger partial charge on any atom is -0.345 e. The van der Waals surface area contributed by atoms with Crippen LogP contribution >= 0.6 is 15.9 Å². The number of amides is 2. The number of benzene rings is 2. The molecule has 10 heteroatoms. The van der Waals surface area contributed by atoms with Crippen LogP contribution < -0.4 is 15.1 Å². The number of halogens is 1. The summed E-state index contributed by atoms with van der Waals surface area (Å²) in [6, 6.07) is 14.7. The fourth-order valence-corrected chi connectivity index (χ4v) is 4.36. The Hall–Kier alpha value is -3.79. The molecule has 5 rings (SSSR count). The van der Waals surface area contributed by atoms with Crippen LogP contribution in [0.4, 0.5) is 17.2 Å². The van der Waals surface area contributed by atoms with Gasteiger partial charge in [0, 0.05) is 30.0 Å². The third kappa shape index (κ3) is 4.05. The Balaban J connectivity index is 1.37. The summed E-state index contributed by atoms with van der Waals surface area (Å²) >= 11 is 3.44. The van der Waals surface area contributed by atoms with Crippen LogP contribution in [-0.4, -0.2) is 51.6 Å². The zero-order chi connectivity index (χ0) is 22.9. The van der Waals surface area contributed by atoms with Gasteiger partial charge in [0.1, 0.15) is 16.7 Å². The highest BCUT2D eigenvalue weighted by Gasteiger charge is 2.29. The number of carbonyl (C=O) groups excluding carboxylic acids is 2. The molecular formula is C23H20BrN7O2. The normalized spacial score (nSPS) is 14.1. The van der Waals surface area contributed by atoms with Crippen molar-refractivity contribution in [2.24, 2.45) is 0 Å². The van der Waals surface area contributed by atoms with Crippen LogP contribution in [-0.2, 0) is 4.79 Å². The number of aromatic amines is 1. The molecule has 2 amide bonds. The van der Waals surface area contributed by atoms with E-state index in [4.69, 9.17) is 0 Å². The number of nitrogens with one attached hydrogen (secondary N) is 2. The molecule has 9 nitrogen and oxygen atoms in total. The van der Waals surface area contributed by atoms with Crippen LogP contribution in [0.2, 0.25) is 0 Å². The van der Waals surface area contributed by atoms with Crippen LogP contribution in [0.5, 0.6) is 0 Å². The van der Waals surface area contributed by atoms with E-state index in [1.165, 1.54) is 6.33 Å². The first-order valence-electron chi connectivity index (χ1n) is 10.4. The van der Waals surface area contributed by atoms with Gasteiger partial charge in [0.15, 0.2) is 5.65 Å². The van der Waals surface area contributed by atoms with E-state index >= 15 is 0 Å². The van der Waals surface area contributed by atoms with E-state index in [1.54, 1.807) is 17.0 Å². The second-order valence-electron chi connectivity index (χ2n) is 7.72. The molecule has 0 aliphatic carbocycles. The Labute approximate surface area is 198 Å². The number of rotatable bonds is 4. The molecule has 2 N–H and O–H groups in total. The van der Waals surface area contributed by atoms with E-state index in [2.05, 4.69) is 41.4 Å². The molecule has 0 unspecified atom stereocenters. The van der Waals surface area contributed by atoms with Gasteiger partial charge < -0.3 is 15.1 Å². The number of carbonyl (C=O) groups is 2. The lowest BCUT2D eigenvalue weighted by Crippen LogP contribution is -2.51. The summed E-state index contributed by atoms with van der Waals surface area (Å²) in [6.45, 7) is 3.13. The van der Waals surface area contributed by atoms with Gasteiger partial charge in [-0.1, -0.05) is 24.3 Å². The summed E-state index contributed by atoms with van der Waals surface area (Å²) in [5.74, 6) is 0.361. The Kier molecular flexibility index (Phi) is 5.51. The van der Waals surface area contributed by atoms with E-state index < -0.39 is 0 Å². The maximum absolute atomic E-state index is 13.2. The molecule has 3 heterocycles. The van der Waals surface area contributed by atoms with Crippen LogP contribution in [0.15, 0.2) is 59.5 Å². The number of para-hydroxylation sites is 1. The topological polar surface area (TPSA) is 107 Å². The van der Waals surface area contributed by atoms with Crippen LogP contribution in [0.25, 0.3) is 11.0 Å². The summed E-state index contributed by atoms with van der Waals surface area (Å²) < 4.78 is 0.677. The predicted molar refractivity (Wildman–Crippen MR) is 130 cm³/mol. The molecule has 0 atom stereocenters. The number of piperazine rings is 1. The molecule has 1 fully saturated rings. The van der Waals surface area contributed by atoms with Crippen molar-refractivity contribution in [3.05, 3.63) is 70.6 Å². The highest BCUT2D eigenvalue weighted by molar-refractivity contribution is 9.10. The van der Waals surface area contributed by atoms with E-state index in [0.29, 0.717) is 34.7 Å². The summed E-state index contributed by atoms with van der Waals surface area (Å²) in [4.78, 5) is 38.1. The lowest BCUT2D eigenvalue weighted by Gasteiger charge is -2.35. The fraction of sp³-hybridized carbons (Fsp3) is 0.174. The zero-order valence-corrected chi connectivity index (χ0v) is 19.3. The first-order chi connectivity index (χ1) is 16.0. The Morgan fingerprint density at radius 3 is 2.73 bits per heavy atom. The fourth-order valence-electron chi connectivity index (χ4n) is 3.92. The molecule has 1 saturated heterocycles. The molecule has 2 aromatic carbocycles. The van der Waals surface area contributed by atoms with E-state index in [9.17, 15) is 9.59 Å². The van der Waals surface area contributed by atoms with Gasteiger partial charge in [0.2, 0.25) is 5.91 Å². The quantitative estimate of drug-likeness (QED) is 0.439. The van der Waals surface area contributed by atoms with Crippen molar-refractivity contribution in [3.8, 4) is 0 Å². The lowest BCUT2D eigenvalue weighted by molar-refractivity contribution is -0.117. The first kappa shape index (κ1) is 21.1. The number of aryl methyl sites for hydroxylation is 1. The summed E-state index contributed by atoms with van der Waals surface area (Å²) in [5, 5.41) is 10.6. The van der Waals surface area contributed by atoms with Crippen molar-refractivity contribution < 1.29 is 9.59 Å². The van der Waals surface area contributed by atoms with Crippen LogP contribution in [0.3, 0.4) is 0 Å². The number of H-pyrrole nitrogens is 1. The van der Waals surface area contributed by atoms with Gasteiger partial charge in [-0.2, -0.15) is 5.10 Å². The van der Waals surface area contributed by atoms with Gasteiger partial charge in [-0.05, 0) is 52.7 Å². The van der Waals surface area contributed by atoms with Crippen molar-refractivity contribution in [1.82, 2.24) is 20.2 Å². The highest BCUT2D eigenvalue weighted by Crippen LogP contribution is 2.30. The summed E-state index contributed by atoms with van der Waals surface area (Å²) in [6.07, 6.45) is 1.45. The molecule has 2 aromatic heterocycles. The maximum atomic E-state index is 13.2. The molecule has 0 radical (unpaired) electrons. The van der Waals surface area contributed by atoms with Crippen molar-refractivity contribution >= 4 is 56.0 Å². The van der Waals surface area contributed by atoms with Crippen molar-refractivity contribution in [1.29, 1.82) is 0 Å². The van der Waals surface area contributed by atoms with E-state index in [0.717, 1.165) is 22.3 Å². The molecule has 0 saturated carbocycles. The second kappa shape index (κ2) is 8.62. The number of aromatic nitrogens is 4. The summed E-state index contributed by atoms with van der Waals surface area (Å²) in [7, 11) is 0. The molecule has 4 aromatic rings. The van der Waals surface area contributed by atoms with Gasteiger partial charge in [-0.25, -0.2) is 9.97 Å². The van der Waals surface area contributed by atoms with Gasteiger partial charge in [-0.3, -0.25) is 14.7 Å². The number of nitrogens with zero attached hydrogens (tertiary/aromatic N) is 5. The third-order valence-corrected chi connectivity index (χ3v) is 6.17. The minimum atomic E-state index is -0.221. The molecule has 1 aliphatic rings. The molecule has 0 spiro atoms. The predicted octanol–water partition coefficient (Wildman–Crippen LogP) is 3.53. The van der Waals surface area contributed by atoms with Crippen LogP contribution in [0, 0.1) is 6.92 Å². The smallest absolute Gasteiger partial charge is 0.255 e. The number of hydrogen-bond donors (Lipinski definition) is 2. The molecule has 33 heavy (non-hydrogen) atoms. The van der Waals surface area contributed by atoms with Gasteiger partial charge in [-0.15, -0.1) is 0 Å². The van der Waals surface area contributed by atoms with Gasteiger partial charge >= 0.3 is 0 Å². The van der Waals surface area contributed by atoms with Crippen molar-refractivity contribution in [2.75, 3.05) is 34.8 Å².